The van der Waals surface area contributed by atoms with E-state index in [0.717, 1.165) is 24.8 Å². The zero-order valence-corrected chi connectivity index (χ0v) is 9.63. The summed E-state index contributed by atoms with van der Waals surface area (Å²) in [5, 5.41) is 1.08. The van der Waals surface area contributed by atoms with Crippen LogP contribution in [0.25, 0.3) is 0 Å². The van der Waals surface area contributed by atoms with Crippen molar-refractivity contribution in [2.75, 3.05) is 0 Å². The molecule has 1 aliphatic carbocycles. The average Bonchev–Trinajstić information content (AvgIpc) is 3.03. The number of amides is 1. The van der Waals surface area contributed by atoms with Crippen LogP contribution < -0.4 is 0 Å². The molecule has 1 amide bonds. The molecular formula is C11H11Cl2NO. The van der Waals surface area contributed by atoms with Crippen molar-refractivity contribution in [1.29, 1.82) is 0 Å². The standard InChI is InChI=1S/C11H11Cl2NO/c12-10-4-1-8(5-11(10)13)6-14(7-15)9-2-3-9/h1,4-5,7,9H,2-3,6H2. The number of benzene rings is 1. The molecule has 0 saturated heterocycles. The third kappa shape index (κ3) is 2.64. The van der Waals surface area contributed by atoms with Gasteiger partial charge in [-0.3, -0.25) is 4.79 Å². The first-order valence-electron chi connectivity index (χ1n) is 4.85. The highest BCUT2D eigenvalue weighted by atomic mass is 35.5. The van der Waals surface area contributed by atoms with Gasteiger partial charge in [0.05, 0.1) is 10.0 Å². The van der Waals surface area contributed by atoms with Crippen molar-refractivity contribution in [3.8, 4) is 0 Å². The van der Waals surface area contributed by atoms with Crippen LogP contribution in [0.1, 0.15) is 18.4 Å². The third-order valence-electron chi connectivity index (χ3n) is 2.50. The Morgan fingerprint density at radius 2 is 2.07 bits per heavy atom. The Bertz CT molecular complexity index is 377. The fraction of sp³-hybridized carbons (Fsp3) is 0.364. The first kappa shape index (κ1) is 10.8. The highest BCUT2D eigenvalue weighted by Gasteiger charge is 2.27. The van der Waals surface area contributed by atoms with E-state index in [0.29, 0.717) is 22.6 Å². The van der Waals surface area contributed by atoms with Gasteiger partial charge in [-0.2, -0.15) is 0 Å². The first-order chi connectivity index (χ1) is 7.20. The molecule has 0 heterocycles. The van der Waals surface area contributed by atoms with Crippen LogP contribution in [0.15, 0.2) is 18.2 Å². The molecule has 1 aromatic carbocycles. The molecule has 0 aliphatic heterocycles. The van der Waals surface area contributed by atoms with E-state index in [-0.39, 0.29) is 0 Å². The summed E-state index contributed by atoms with van der Waals surface area (Å²) in [6.45, 7) is 0.616. The quantitative estimate of drug-likeness (QED) is 0.745. The van der Waals surface area contributed by atoms with Gasteiger partial charge < -0.3 is 4.90 Å². The molecule has 0 aromatic heterocycles. The minimum Gasteiger partial charge on any atom is -0.338 e. The van der Waals surface area contributed by atoms with E-state index in [1.807, 2.05) is 12.1 Å². The molecular weight excluding hydrogens is 233 g/mol. The van der Waals surface area contributed by atoms with Crippen molar-refractivity contribution >= 4 is 29.6 Å². The predicted molar refractivity (Wildman–Crippen MR) is 61.1 cm³/mol. The van der Waals surface area contributed by atoms with E-state index in [1.54, 1.807) is 11.0 Å². The Morgan fingerprint density at radius 3 is 2.60 bits per heavy atom. The average molecular weight is 244 g/mol. The number of carbonyl (C=O) groups is 1. The summed E-state index contributed by atoms with van der Waals surface area (Å²) in [6, 6.07) is 5.89. The van der Waals surface area contributed by atoms with Gasteiger partial charge in [0.2, 0.25) is 6.41 Å². The van der Waals surface area contributed by atoms with Crippen LogP contribution in [0.5, 0.6) is 0 Å². The normalized spacial score (nSPS) is 15.1. The number of nitrogens with zero attached hydrogens (tertiary/aromatic N) is 1. The maximum atomic E-state index is 10.8. The monoisotopic (exact) mass is 243 g/mol. The molecule has 0 unspecified atom stereocenters. The number of carbonyl (C=O) groups excluding carboxylic acids is 1. The van der Waals surface area contributed by atoms with Gasteiger partial charge in [0.15, 0.2) is 0 Å². The molecule has 1 saturated carbocycles. The van der Waals surface area contributed by atoms with Gasteiger partial charge >= 0.3 is 0 Å². The van der Waals surface area contributed by atoms with E-state index in [9.17, 15) is 4.79 Å². The molecule has 1 fully saturated rings. The molecule has 0 radical (unpaired) electrons. The predicted octanol–water partition coefficient (Wildman–Crippen LogP) is 3.11. The van der Waals surface area contributed by atoms with Gasteiger partial charge in [-0.25, -0.2) is 0 Å². The van der Waals surface area contributed by atoms with Crippen molar-refractivity contribution < 1.29 is 4.79 Å². The summed E-state index contributed by atoms with van der Waals surface area (Å²) in [4.78, 5) is 12.6. The molecule has 15 heavy (non-hydrogen) atoms. The largest absolute Gasteiger partial charge is 0.338 e. The van der Waals surface area contributed by atoms with E-state index >= 15 is 0 Å². The molecule has 4 heteroatoms. The molecule has 0 atom stereocenters. The second-order valence-electron chi connectivity index (χ2n) is 3.76. The summed E-state index contributed by atoms with van der Waals surface area (Å²) in [7, 11) is 0. The Morgan fingerprint density at radius 1 is 1.33 bits per heavy atom. The summed E-state index contributed by atoms with van der Waals surface area (Å²) < 4.78 is 0. The number of hydrogen-bond acceptors (Lipinski definition) is 1. The maximum Gasteiger partial charge on any atom is 0.210 e. The van der Waals surface area contributed by atoms with Gasteiger partial charge in [-0.15, -0.1) is 0 Å². The highest BCUT2D eigenvalue weighted by Crippen LogP contribution is 2.28. The van der Waals surface area contributed by atoms with Crippen LogP contribution in [0.4, 0.5) is 0 Å². The minimum absolute atomic E-state index is 0.428. The molecule has 1 aliphatic rings. The smallest absolute Gasteiger partial charge is 0.210 e. The Labute approximate surface area is 98.8 Å². The van der Waals surface area contributed by atoms with Crippen LogP contribution in [-0.4, -0.2) is 17.4 Å². The second-order valence-corrected chi connectivity index (χ2v) is 4.57. The van der Waals surface area contributed by atoms with Gasteiger partial charge in [-0.05, 0) is 30.5 Å². The van der Waals surface area contributed by atoms with Crippen LogP contribution in [-0.2, 0) is 11.3 Å². The van der Waals surface area contributed by atoms with Gasteiger partial charge in [0.1, 0.15) is 0 Å². The minimum atomic E-state index is 0.428. The maximum absolute atomic E-state index is 10.8. The lowest BCUT2D eigenvalue weighted by molar-refractivity contribution is -0.119. The van der Waals surface area contributed by atoms with Crippen LogP contribution in [0.3, 0.4) is 0 Å². The topological polar surface area (TPSA) is 20.3 Å². The molecule has 2 rings (SSSR count). The van der Waals surface area contributed by atoms with Crippen LogP contribution in [0, 0.1) is 0 Å². The van der Waals surface area contributed by atoms with E-state index in [2.05, 4.69) is 0 Å². The lowest BCUT2D eigenvalue weighted by atomic mass is 10.2. The van der Waals surface area contributed by atoms with Crippen LogP contribution >= 0.6 is 23.2 Å². The van der Waals surface area contributed by atoms with Crippen molar-refractivity contribution in [3.05, 3.63) is 33.8 Å². The highest BCUT2D eigenvalue weighted by molar-refractivity contribution is 6.42. The molecule has 2 nitrogen and oxygen atoms in total. The third-order valence-corrected chi connectivity index (χ3v) is 3.24. The zero-order valence-electron chi connectivity index (χ0n) is 8.12. The summed E-state index contributed by atoms with van der Waals surface area (Å²) in [5.74, 6) is 0. The summed E-state index contributed by atoms with van der Waals surface area (Å²) >= 11 is 11.7. The molecule has 1 aromatic rings. The zero-order chi connectivity index (χ0) is 10.8. The molecule has 0 N–H and O–H groups in total. The molecule has 0 bridgehead atoms. The van der Waals surface area contributed by atoms with E-state index in [1.165, 1.54) is 0 Å². The SMILES string of the molecule is O=CN(Cc1ccc(Cl)c(Cl)c1)C1CC1. The number of halogens is 2. The lowest BCUT2D eigenvalue weighted by Crippen LogP contribution is -2.23. The van der Waals surface area contributed by atoms with Crippen molar-refractivity contribution in [1.82, 2.24) is 4.90 Å². The van der Waals surface area contributed by atoms with Crippen molar-refractivity contribution in [2.45, 2.75) is 25.4 Å². The lowest BCUT2D eigenvalue weighted by Gasteiger charge is -2.16. The van der Waals surface area contributed by atoms with E-state index in [4.69, 9.17) is 23.2 Å². The molecule has 80 valence electrons. The fourth-order valence-corrected chi connectivity index (χ4v) is 1.83. The second kappa shape index (κ2) is 4.42. The summed E-state index contributed by atoms with van der Waals surface area (Å²) in [6.07, 6.45) is 3.13. The Balaban J connectivity index is 2.08. The summed E-state index contributed by atoms with van der Waals surface area (Å²) in [5.41, 5.74) is 1.02. The van der Waals surface area contributed by atoms with Gasteiger partial charge in [0.25, 0.3) is 0 Å². The van der Waals surface area contributed by atoms with E-state index < -0.39 is 0 Å². The number of hydrogen-bond donors (Lipinski definition) is 0. The first-order valence-corrected chi connectivity index (χ1v) is 5.61. The van der Waals surface area contributed by atoms with Crippen LogP contribution in [0.2, 0.25) is 10.0 Å². The Hall–Kier alpha value is -0.730. The Kier molecular flexibility index (Phi) is 3.17. The fourth-order valence-electron chi connectivity index (χ4n) is 1.51. The van der Waals surface area contributed by atoms with Crippen molar-refractivity contribution in [3.63, 3.8) is 0 Å². The van der Waals surface area contributed by atoms with Gasteiger partial charge in [-0.1, -0.05) is 29.3 Å². The number of rotatable bonds is 4. The molecule has 0 spiro atoms. The van der Waals surface area contributed by atoms with Crippen molar-refractivity contribution in [2.24, 2.45) is 0 Å². The van der Waals surface area contributed by atoms with Gasteiger partial charge in [0, 0.05) is 12.6 Å².